The normalized spacial score (nSPS) is 14.1. The molecule has 28 heavy (non-hydrogen) atoms. The second-order valence-corrected chi connectivity index (χ2v) is 7.46. The smallest absolute Gasteiger partial charge is 0.255 e. The summed E-state index contributed by atoms with van der Waals surface area (Å²) in [5, 5.41) is 0. The fourth-order valence-electron chi connectivity index (χ4n) is 3.25. The molecule has 2 aromatic rings. The van der Waals surface area contributed by atoms with Gasteiger partial charge in [-0.05, 0) is 19.1 Å². The maximum absolute atomic E-state index is 12.6. The number of hydrogen-bond donors (Lipinski definition) is 1. The summed E-state index contributed by atoms with van der Waals surface area (Å²) in [5.74, 6) is -0.123. The molecule has 0 atom stereocenters. The zero-order valence-corrected chi connectivity index (χ0v) is 16.8. The summed E-state index contributed by atoms with van der Waals surface area (Å²) < 4.78 is 0. The molecule has 0 aliphatic carbocycles. The Kier molecular flexibility index (Phi) is 6.52. The van der Waals surface area contributed by atoms with E-state index in [0.29, 0.717) is 42.2 Å². The van der Waals surface area contributed by atoms with Gasteiger partial charge in [0, 0.05) is 49.5 Å². The lowest BCUT2D eigenvalue weighted by Crippen LogP contribution is -2.50. The minimum atomic E-state index is -0.0627. The van der Waals surface area contributed by atoms with Crippen LogP contribution in [0.3, 0.4) is 0 Å². The molecule has 3 rings (SSSR count). The highest BCUT2D eigenvalue weighted by molar-refractivity contribution is 7.80. The number of benzene rings is 2. The number of thiol groups is 1. The molecule has 1 fully saturated rings. The number of carbonyl (C=O) groups excluding carboxylic acids is 3. The molecule has 5 nitrogen and oxygen atoms in total. The maximum atomic E-state index is 12.6. The summed E-state index contributed by atoms with van der Waals surface area (Å²) in [5.41, 5.74) is 2.31. The van der Waals surface area contributed by atoms with Crippen LogP contribution in [0, 0.1) is 6.92 Å². The lowest BCUT2D eigenvalue weighted by Gasteiger charge is -2.35. The molecule has 0 spiro atoms. The lowest BCUT2D eigenvalue weighted by molar-refractivity contribution is -0.132. The molecule has 2 aromatic carbocycles. The molecule has 0 saturated carbocycles. The molecule has 146 valence electrons. The van der Waals surface area contributed by atoms with Crippen molar-refractivity contribution in [1.29, 1.82) is 0 Å². The number of rotatable bonds is 5. The number of aryl methyl sites for hydroxylation is 1. The van der Waals surface area contributed by atoms with Crippen LogP contribution in [0.25, 0.3) is 0 Å². The molecule has 2 amide bonds. The van der Waals surface area contributed by atoms with Crippen molar-refractivity contribution in [3.05, 3.63) is 65.2 Å². The predicted octanol–water partition coefficient (Wildman–Crippen LogP) is 3.23. The Hall–Kier alpha value is -2.60. The van der Waals surface area contributed by atoms with Crippen molar-refractivity contribution < 1.29 is 14.4 Å². The van der Waals surface area contributed by atoms with Crippen molar-refractivity contribution in [2.45, 2.75) is 24.7 Å². The number of amides is 2. The molecular formula is C22H24N2O3S. The molecule has 1 heterocycles. The monoisotopic (exact) mass is 396 g/mol. The largest absolute Gasteiger partial charge is 0.339 e. The zero-order valence-electron chi connectivity index (χ0n) is 15.9. The molecule has 6 heteroatoms. The van der Waals surface area contributed by atoms with E-state index in [-0.39, 0.29) is 30.4 Å². The first-order valence-corrected chi connectivity index (χ1v) is 9.85. The van der Waals surface area contributed by atoms with Gasteiger partial charge in [-0.25, -0.2) is 0 Å². The van der Waals surface area contributed by atoms with E-state index in [1.807, 2.05) is 31.2 Å². The van der Waals surface area contributed by atoms with Crippen LogP contribution in [0.1, 0.15) is 39.1 Å². The molecule has 1 aliphatic heterocycles. The molecule has 0 bridgehead atoms. The van der Waals surface area contributed by atoms with Gasteiger partial charge in [-0.1, -0.05) is 42.0 Å². The van der Waals surface area contributed by atoms with Crippen LogP contribution >= 0.6 is 12.6 Å². The first-order chi connectivity index (χ1) is 13.5. The number of ketones is 1. The van der Waals surface area contributed by atoms with E-state index in [1.165, 1.54) is 0 Å². The summed E-state index contributed by atoms with van der Waals surface area (Å²) >= 11 is 4.35. The van der Waals surface area contributed by atoms with Gasteiger partial charge in [-0.3, -0.25) is 14.4 Å². The number of Topliss-reactive ketones (excluding diaryl/α,β-unsaturated/α-hetero) is 1. The van der Waals surface area contributed by atoms with Crippen molar-refractivity contribution in [2.75, 3.05) is 26.2 Å². The summed E-state index contributed by atoms with van der Waals surface area (Å²) in [6, 6.07) is 14.6. The molecule has 0 aromatic heterocycles. The number of carbonyl (C=O) groups is 3. The Morgan fingerprint density at radius 2 is 1.46 bits per heavy atom. The molecule has 0 N–H and O–H groups in total. The van der Waals surface area contributed by atoms with Crippen LogP contribution in [0.2, 0.25) is 0 Å². The highest BCUT2D eigenvalue weighted by Gasteiger charge is 2.25. The predicted molar refractivity (Wildman–Crippen MR) is 111 cm³/mol. The van der Waals surface area contributed by atoms with E-state index in [4.69, 9.17) is 0 Å². The Morgan fingerprint density at radius 1 is 0.857 bits per heavy atom. The molecule has 0 unspecified atom stereocenters. The van der Waals surface area contributed by atoms with E-state index >= 15 is 0 Å². The standard InChI is InChI=1S/C22H24N2O3S/c1-16-6-8-17(9-7-16)19(25)10-11-21(26)23-12-14-24(15-13-23)22(27)18-4-2-3-5-20(18)28/h2-9,28H,10-15H2,1H3. The van der Waals surface area contributed by atoms with Gasteiger partial charge in [0.25, 0.3) is 5.91 Å². The third-order valence-electron chi connectivity index (χ3n) is 4.99. The average Bonchev–Trinajstić information content (AvgIpc) is 2.72. The van der Waals surface area contributed by atoms with Crippen LogP contribution in [0.4, 0.5) is 0 Å². The van der Waals surface area contributed by atoms with Gasteiger partial charge >= 0.3 is 0 Å². The number of hydrogen-bond acceptors (Lipinski definition) is 4. The highest BCUT2D eigenvalue weighted by atomic mass is 32.1. The Bertz CT molecular complexity index is 872. The van der Waals surface area contributed by atoms with Gasteiger partial charge < -0.3 is 9.80 Å². The molecular weight excluding hydrogens is 372 g/mol. The Balaban J connectivity index is 1.48. The third kappa shape index (κ3) is 4.81. The van der Waals surface area contributed by atoms with Gasteiger partial charge in [0.2, 0.25) is 5.91 Å². The first-order valence-electron chi connectivity index (χ1n) is 9.40. The van der Waals surface area contributed by atoms with Crippen molar-refractivity contribution in [2.24, 2.45) is 0 Å². The minimum Gasteiger partial charge on any atom is -0.339 e. The quantitative estimate of drug-likeness (QED) is 0.624. The second-order valence-electron chi connectivity index (χ2n) is 6.98. The second kappa shape index (κ2) is 9.06. The SMILES string of the molecule is Cc1ccc(C(=O)CCC(=O)N2CCN(C(=O)c3ccccc3S)CC2)cc1. The van der Waals surface area contributed by atoms with Gasteiger partial charge in [0.05, 0.1) is 5.56 Å². The van der Waals surface area contributed by atoms with Crippen LogP contribution in [-0.2, 0) is 4.79 Å². The number of piperazine rings is 1. The Morgan fingerprint density at radius 3 is 2.11 bits per heavy atom. The van der Waals surface area contributed by atoms with E-state index in [0.717, 1.165) is 5.56 Å². The highest BCUT2D eigenvalue weighted by Crippen LogP contribution is 2.17. The van der Waals surface area contributed by atoms with E-state index in [9.17, 15) is 14.4 Å². The van der Waals surface area contributed by atoms with Crippen LogP contribution in [-0.4, -0.2) is 53.6 Å². The van der Waals surface area contributed by atoms with Gasteiger partial charge in [-0.15, -0.1) is 12.6 Å². The summed E-state index contributed by atoms with van der Waals surface area (Å²) in [6.45, 7) is 3.91. The molecule has 0 radical (unpaired) electrons. The van der Waals surface area contributed by atoms with E-state index in [2.05, 4.69) is 12.6 Å². The minimum absolute atomic E-state index is 0.0208. The van der Waals surface area contributed by atoms with Gasteiger partial charge in [-0.2, -0.15) is 0 Å². The zero-order chi connectivity index (χ0) is 20.1. The van der Waals surface area contributed by atoms with Gasteiger partial charge in [0.15, 0.2) is 5.78 Å². The first kappa shape index (κ1) is 20.1. The lowest BCUT2D eigenvalue weighted by atomic mass is 10.0. The van der Waals surface area contributed by atoms with Crippen LogP contribution in [0.5, 0.6) is 0 Å². The van der Waals surface area contributed by atoms with E-state index < -0.39 is 0 Å². The summed E-state index contributed by atoms with van der Waals surface area (Å²) in [4.78, 5) is 41.4. The summed E-state index contributed by atoms with van der Waals surface area (Å²) in [6.07, 6.45) is 0.397. The van der Waals surface area contributed by atoms with Crippen molar-refractivity contribution >= 4 is 30.2 Å². The number of nitrogens with zero attached hydrogens (tertiary/aromatic N) is 2. The average molecular weight is 397 g/mol. The van der Waals surface area contributed by atoms with Gasteiger partial charge in [0.1, 0.15) is 0 Å². The van der Waals surface area contributed by atoms with Crippen molar-refractivity contribution in [3.63, 3.8) is 0 Å². The Labute approximate surface area is 170 Å². The van der Waals surface area contributed by atoms with Crippen LogP contribution < -0.4 is 0 Å². The van der Waals surface area contributed by atoms with Crippen LogP contribution in [0.15, 0.2) is 53.4 Å². The maximum Gasteiger partial charge on any atom is 0.255 e. The molecule has 1 saturated heterocycles. The molecule has 1 aliphatic rings. The van der Waals surface area contributed by atoms with E-state index in [1.54, 1.807) is 34.1 Å². The summed E-state index contributed by atoms with van der Waals surface area (Å²) in [7, 11) is 0. The van der Waals surface area contributed by atoms with Crippen molar-refractivity contribution in [3.8, 4) is 0 Å². The van der Waals surface area contributed by atoms with Crippen molar-refractivity contribution in [1.82, 2.24) is 9.80 Å². The topological polar surface area (TPSA) is 57.7 Å². The third-order valence-corrected chi connectivity index (χ3v) is 5.38. The fraction of sp³-hybridized carbons (Fsp3) is 0.318. The fourth-order valence-corrected chi connectivity index (χ4v) is 3.50.